The van der Waals surface area contributed by atoms with Crippen molar-refractivity contribution in [1.29, 1.82) is 0 Å². The third-order valence-electron chi connectivity index (χ3n) is 3.05. The van der Waals surface area contributed by atoms with Gasteiger partial charge in [0.05, 0.1) is 0 Å². The molecule has 0 radical (unpaired) electrons. The minimum atomic E-state index is -1.58. The zero-order chi connectivity index (χ0) is 17.8. The summed E-state index contributed by atoms with van der Waals surface area (Å²) in [6.45, 7) is 5.81. The number of hydrogen-bond donors (Lipinski definition) is 0. The van der Waals surface area contributed by atoms with Gasteiger partial charge in [0.2, 0.25) is 11.9 Å². The van der Waals surface area contributed by atoms with Gasteiger partial charge in [-0.2, -0.15) is 0 Å². The normalized spacial score (nSPS) is 29.5. The molecule has 1 saturated heterocycles. The molecule has 1 rings (SSSR count). The summed E-state index contributed by atoms with van der Waals surface area (Å²) in [5.41, 5.74) is -1.58. The van der Waals surface area contributed by atoms with Crippen LogP contribution in [0.4, 0.5) is 0 Å². The molecular formula is C14H20O9. The first-order valence-electron chi connectivity index (χ1n) is 6.89. The van der Waals surface area contributed by atoms with Gasteiger partial charge in [0.1, 0.15) is 12.7 Å². The molecule has 9 heteroatoms. The minimum Gasteiger partial charge on any atom is -0.463 e. The van der Waals surface area contributed by atoms with E-state index in [-0.39, 0.29) is 6.61 Å². The summed E-state index contributed by atoms with van der Waals surface area (Å²) >= 11 is 0. The number of ether oxygens (including phenoxy) is 5. The first-order valence-corrected chi connectivity index (χ1v) is 6.89. The first-order chi connectivity index (χ1) is 10.6. The van der Waals surface area contributed by atoms with E-state index in [0.29, 0.717) is 0 Å². The lowest BCUT2D eigenvalue weighted by molar-refractivity contribution is -0.219. The highest BCUT2D eigenvalue weighted by Gasteiger charge is 2.60. The van der Waals surface area contributed by atoms with Crippen molar-refractivity contribution in [2.45, 2.75) is 58.7 Å². The summed E-state index contributed by atoms with van der Waals surface area (Å²) in [5.74, 6) is -2.59. The van der Waals surface area contributed by atoms with E-state index in [1.165, 1.54) is 13.8 Å². The van der Waals surface area contributed by atoms with Crippen LogP contribution in [0.25, 0.3) is 0 Å². The summed E-state index contributed by atoms with van der Waals surface area (Å²) in [6, 6.07) is 0. The molecule has 9 nitrogen and oxygen atoms in total. The SMILES string of the molecule is CC(=O)OC[C@@H]1OC(OC(C)=O)[C@@](C)(OC(C)=O)[C@H]1OC(C)=O. The van der Waals surface area contributed by atoms with Crippen LogP contribution < -0.4 is 0 Å². The van der Waals surface area contributed by atoms with Crippen molar-refractivity contribution in [2.75, 3.05) is 6.61 Å². The first kappa shape index (κ1) is 18.9. The number of carbonyl (C=O) groups excluding carboxylic acids is 4. The van der Waals surface area contributed by atoms with Crippen LogP contribution in [0.5, 0.6) is 0 Å². The Hall–Kier alpha value is -2.16. The average molecular weight is 332 g/mol. The highest BCUT2D eigenvalue weighted by Crippen LogP contribution is 2.37. The molecule has 1 aliphatic heterocycles. The minimum absolute atomic E-state index is 0.262. The molecule has 1 heterocycles. The van der Waals surface area contributed by atoms with Crippen molar-refractivity contribution in [1.82, 2.24) is 0 Å². The molecule has 130 valence electrons. The molecule has 0 aromatic rings. The maximum atomic E-state index is 11.4. The van der Waals surface area contributed by atoms with Gasteiger partial charge in [-0.05, 0) is 6.92 Å². The van der Waals surface area contributed by atoms with E-state index in [4.69, 9.17) is 23.7 Å². The Morgan fingerprint density at radius 1 is 0.913 bits per heavy atom. The van der Waals surface area contributed by atoms with Crippen LogP contribution in [0.2, 0.25) is 0 Å². The Labute approximate surface area is 133 Å². The lowest BCUT2D eigenvalue weighted by atomic mass is 9.97. The maximum Gasteiger partial charge on any atom is 0.305 e. The third kappa shape index (κ3) is 4.92. The largest absolute Gasteiger partial charge is 0.463 e. The molecule has 0 bridgehead atoms. The van der Waals surface area contributed by atoms with E-state index in [2.05, 4.69) is 0 Å². The predicted octanol–water partition coefficient (Wildman–Crippen LogP) is 0.0910. The Morgan fingerprint density at radius 3 is 1.91 bits per heavy atom. The van der Waals surface area contributed by atoms with Gasteiger partial charge in [-0.3, -0.25) is 19.2 Å². The zero-order valence-electron chi connectivity index (χ0n) is 13.6. The van der Waals surface area contributed by atoms with Crippen molar-refractivity contribution in [3.63, 3.8) is 0 Å². The summed E-state index contributed by atoms with van der Waals surface area (Å²) in [6.07, 6.45) is -3.39. The summed E-state index contributed by atoms with van der Waals surface area (Å²) in [7, 11) is 0. The maximum absolute atomic E-state index is 11.4. The molecule has 0 saturated carbocycles. The van der Waals surface area contributed by atoms with Crippen LogP contribution in [-0.2, 0) is 42.9 Å². The molecule has 1 fully saturated rings. The topological polar surface area (TPSA) is 114 Å². The molecule has 23 heavy (non-hydrogen) atoms. The highest BCUT2D eigenvalue weighted by atomic mass is 16.8. The molecule has 1 unspecified atom stereocenters. The molecule has 0 spiro atoms. The number of esters is 4. The van der Waals surface area contributed by atoms with Crippen molar-refractivity contribution >= 4 is 23.9 Å². The molecule has 0 aliphatic carbocycles. The predicted molar refractivity (Wildman–Crippen MR) is 72.8 cm³/mol. The van der Waals surface area contributed by atoms with E-state index in [9.17, 15) is 19.2 Å². The second-order valence-electron chi connectivity index (χ2n) is 5.23. The average Bonchev–Trinajstić information content (AvgIpc) is 2.59. The Bertz CT molecular complexity index is 500. The van der Waals surface area contributed by atoms with Gasteiger partial charge in [-0.25, -0.2) is 0 Å². The van der Waals surface area contributed by atoms with E-state index in [0.717, 1.165) is 20.8 Å². The van der Waals surface area contributed by atoms with Gasteiger partial charge in [0.15, 0.2) is 6.10 Å². The summed E-state index contributed by atoms with van der Waals surface area (Å²) in [4.78, 5) is 45.0. The zero-order valence-corrected chi connectivity index (χ0v) is 13.6. The van der Waals surface area contributed by atoms with Crippen molar-refractivity contribution in [3.05, 3.63) is 0 Å². The number of hydrogen-bond acceptors (Lipinski definition) is 9. The molecule has 0 amide bonds. The molecule has 1 aliphatic rings. The van der Waals surface area contributed by atoms with Gasteiger partial charge in [0.25, 0.3) is 0 Å². The van der Waals surface area contributed by atoms with Crippen molar-refractivity contribution in [2.24, 2.45) is 0 Å². The Morgan fingerprint density at radius 2 is 1.48 bits per heavy atom. The van der Waals surface area contributed by atoms with Crippen molar-refractivity contribution < 1.29 is 42.9 Å². The van der Waals surface area contributed by atoms with Crippen LogP contribution >= 0.6 is 0 Å². The molecular weight excluding hydrogens is 312 g/mol. The summed E-state index contributed by atoms with van der Waals surface area (Å²) in [5, 5.41) is 0. The van der Waals surface area contributed by atoms with Crippen LogP contribution in [0.3, 0.4) is 0 Å². The smallest absolute Gasteiger partial charge is 0.305 e. The highest BCUT2D eigenvalue weighted by molar-refractivity contribution is 5.69. The van der Waals surface area contributed by atoms with E-state index in [1.807, 2.05) is 0 Å². The fourth-order valence-electron chi connectivity index (χ4n) is 2.28. The monoisotopic (exact) mass is 332 g/mol. The molecule has 0 aromatic heterocycles. The van der Waals surface area contributed by atoms with Crippen molar-refractivity contribution in [3.8, 4) is 0 Å². The second-order valence-corrected chi connectivity index (χ2v) is 5.23. The lowest BCUT2D eigenvalue weighted by Crippen LogP contribution is -2.52. The lowest BCUT2D eigenvalue weighted by Gasteiger charge is -2.32. The van der Waals surface area contributed by atoms with Gasteiger partial charge in [0, 0.05) is 27.7 Å². The van der Waals surface area contributed by atoms with Gasteiger partial charge in [-0.15, -0.1) is 0 Å². The van der Waals surface area contributed by atoms with Crippen LogP contribution in [0.1, 0.15) is 34.6 Å². The summed E-state index contributed by atoms with van der Waals surface area (Å²) < 4.78 is 25.7. The fourth-order valence-corrected chi connectivity index (χ4v) is 2.28. The Kier molecular flexibility index (Phi) is 6.08. The quantitative estimate of drug-likeness (QED) is 0.510. The molecule has 0 N–H and O–H groups in total. The standard InChI is InChI=1S/C14H20O9/c1-7(15)19-6-11-12(20-8(2)16)14(5,23-10(4)18)13(22-11)21-9(3)17/h11-13H,6H2,1-5H3/t11-,12-,13?,14-/m0/s1. The van der Waals surface area contributed by atoms with Crippen LogP contribution in [0.15, 0.2) is 0 Å². The van der Waals surface area contributed by atoms with Crippen LogP contribution in [-0.4, -0.2) is 54.6 Å². The van der Waals surface area contributed by atoms with E-state index in [1.54, 1.807) is 0 Å². The van der Waals surface area contributed by atoms with Crippen LogP contribution in [0, 0.1) is 0 Å². The van der Waals surface area contributed by atoms with E-state index >= 15 is 0 Å². The molecule has 0 aromatic carbocycles. The van der Waals surface area contributed by atoms with E-state index < -0.39 is 48.0 Å². The van der Waals surface area contributed by atoms with Gasteiger partial charge < -0.3 is 23.7 Å². The fraction of sp³-hybridized carbons (Fsp3) is 0.714. The Balaban J connectivity index is 3.11. The molecule has 4 atom stereocenters. The number of carbonyl (C=O) groups is 4. The van der Waals surface area contributed by atoms with Gasteiger partial charge >= 0.3 is 23.9 Å². The van der Waals surface area contributed by atoms with Gasteiger partial charge in [-0.1, -0.05) is 0 Å². The number of rotatable bonds is 5. The third-order valence-corrected chi connectivity index (χ3v) is 3.05. The second kappa shape index (κ2) is 7.40.